The molecule has 1 rings (SSSR count). The van der Waals surface area contributed by atoms with Crippen molar-refractivity contribution in [1.29, 1.82) is 5.40 Å². The van der Waals surface area contributed by atoms with Gasteiger partial charge in [0.2, 0.25) is 0 Å². The zero-order chi connectivity index (χ0) is 11.1. The first-order chi connectivity index (χ1) is 7.26. The molecule has 0 aromatic heterocycles. The van der Waals surface area contributed by atoms with Crippen LogP contribution in [0.25, 0.3) is 0 Å². The fourth-order valence-electron chi connectivity index (χ4n) is 0.895. The van der Waals surface area contributed by atoms with Crippen LogP contribution < -0.4 is 15.6 Å². The topological polar surface area (TPSA) is 74.3 Å². The van der Waals surface area contributed by atoms with Gasteiger partial charge in [0.15, 0.2) is 0 Å². The Labute approximate surface area is 90.7 Å². The van der Waals surface area contributed by atoms with Crippen molar-refractivity contribution in [2.24, 2.45) is 10.8 Å². The standard InChI is InChI=1S/C9H12N4Se/c1-14-8-4-2-3-7(5-8)6-12-13-9(10)11/h2-6H,1H3,(H4,10,11,13). The third-order valence-electron chi connectivity index (χ3n) is 1.49. The number of nitrogens with zero attached hydrogens (tertiary/aromatic N) is 1. The summed E-state index contributed by atoms with van der Waals surface area (Å²) in [4.78, 5) is 0. The molecule has 14 heavy (non-hydrogen) atoms. The molecule has 0 aliphatic carbocycles. The number of hydrogen-bond donors (Lipinski definition) is 3. The first kappa shape index (κ1) is 9.24. The van der Waals surface area contributed by atoms with Gasteiger partial charge in [-0.25, -0.2) is 0 Å². The van der Waals surface area contributed by atoms with E-state index in [9.17, 15) is 0 Å². The van der Waals surface area contributed by atoms with Crippen LogP contribution in [0.15, 0.2) is 29.4 Å². The number of hydrogen-bond acceptors (Lipinski definition) is 2. The molecule has 0 aliphatic rings. The van der Waals surface area contributed by atoms with Gasteiger partial charge >= 0.3 is 90.3 Å². The summed E-state index contributed by atoms with van der Waals surface area (Å²) in [6.07, 6.45) is 1.65. The number of benzene rings is 1. The van der Waals surface area contributed by atoms with Gasteiger partial charge in [0.1, 0.15) is 0 Å². The van der Waals surface area contributed by atoms with E-state index in [1.165, 1.54) is 4.46 Å². The molecule has 0 fully saturated rings. The van der Waals surface area contributed by atoms with E-state index in [4.69, 9.17) is 7.15 Å². The molecule has 0 saturated carbocycles. The predicted octanol–water partition coefficient (Wildman–Crippen LogP) is -0.119. The zero-order valence-corrected chi connectivity index (χ0v) is 9.48. The van der Waals surface area contributed by atoms with Gasteiger partial charge in [-0.1, -0.05) is 0 Å². The van der Waals surface area contributed by atoms with Gasteiger partial charge in [-0.3, -0.25) is 0 Å². The molecule has 0 aliphatic heterocycles. The van der Waals surface area contributed by atoms with Crippen LogP contribution in [0.3, 0.4) is 0 Å². The van der Waals surface area contributed by atoms with Crippen molar-refractivity contribution in [3.63, 3.8) is 0 Å². The van der Waals surface area contributed by atoms with Gasteiger partial charge in [0.25, 0.3) is 0 Å². The summed E-state index contributed by atoms with van der Waals surface area (Å²) >= 11 is 0.485. The first-order valence-electron chi connectivity index (χ1n) is 4.41. The van der Waals surface area contributed by atoms with Crippen LogP contribution in [-0.4, -0.2) is 27.1 Å². The molecule has 0 radical (unpaired) electrons. The van der Waals surface area contributed by atoms with E-state index >= 15 is 0 Å². The number of rotatable bonds is 3. The van der Waals surface area contributed by atoms with E-state index in [2.05, 4.69) is 33.9 Å². The maximum atomic E-state index is 6.58. The van der Waals surface area contributed by atoms with Gasteiger partial charge in [0, 0.05) is 0 Å². The van der Waals surface area contributed by atoms with E-state index in [1.807, 2.05) is 12.1 Å². The van der Waals surface area contributed by atoms with E-state index in [0.29, 0.717) is 15.0 Å². The van der Waals surface area contributed by atoms with Gasteiger partial charge < -0.3 is 0 Å². The Bertz CT molecular complexity index is 378. The second kappa shape index (κ2) is 5.42. The Hall–Kier alpha value is -1.32. The number of guanidine groups is 1. The SMILES string of the molecule is [H]/N=C(\N)NN=Cc1cccc([Se]C)c1. The summed E-state index contributed by atoms with van der Waals surface area (Å²) in [6.45, 7) is 0. The van der Waals surface area contributed by atoms with Gasteiger partial charge in [-0.15, -0.1) is 0 Å². The van der Waals surface area contributed by atoms with Crippen molar-refractivity contribution >= 4 is 31.6 Å². The van der Waals surface area contributed by atoms with Crippen molar-refractivity contribution in [3.05, 3.63) is 29.8 Å². The second-order valence-corrected chi connectivity index (χ2v) is 4.38. The molecule has 4 N–H and O–H groups in total. The van der Waals surface area contributed by atoms with Crippen LogP contribution in [0.4, 0.5) is 0 Å². The summed E-state index contributed by atoms with van der Waals surface area (Å²) in [6, 6.07) is 8.10. The molecule has 5 heteroatoms. The molecule has 1 aromatic rings. The normalized spacial score (nSPS) is 12.9. The first-order valence-corrected chi connectivity index (χ1v) is 6.54. The molecule has 1 aromatic carbocycles. The summed E-state index contributed by atoms with van der Waals surface area (Å²) in [7, 11) is 0. The summed E-state index contributed by atoms with van der Waals surface area (Å²) in [5, 5.41) is 6.82. The molecule has 74 valence electrons. The van der Waals surface area contributed by atoms with E-state index in [0.717, 1.165) is 5.56 Å². The van der Waals surface area contributed by atoms with Crippen LogP contribution >= 0.6 is 0 Å². The van der Waals surface area contributed by atoms with Crippen LogP contribution in [0.1, 0.15) is 5.56 Å². The van der Waals surface area contributed by atoms with Gasteiger partial charge in [-0.05, 0) is 0 Å². The van der Waals surface area contributed by atoms with E-state index in [-0.39, 0.29) is 5.96 Å². The monoisotopic (exact) mass is 256 g/mol. The van der Waals surface area contributed by atoms with Crippen LogP contribution in [-0.2, 0) is 0 Å². The molecular formula is C9H12N4Se. The predicted molar refractivity (Wildman–Crippen MR) is 60.3 cm³/mol. The summed E-state index contributed by atoms with van der Waals surface area (Å²) in [5.74, 6) is 2.13. The zero-order valence-electron chi connectivity index (χ0n) is 8.77. The van der Waals surface area contributed by atoms with Crippen molar-refractivity contribution < 1.29 is 1.41 Å². The van der Waals surface area contributed by atoms with Crippen LogP contribution in [0.2, 0.25) is 7.23 Å². The minimum absolute atomic E-state index is 0.0258. The number of hydrazone groups is 1. The average Bonchev–Trinajstić information content (AvgIpc) is 2.29. The average molecular weight is 255 g/mol. The Balaban J connectivity index is 2.64. The molecular weight excluding hydrogens is 243 g/mol. The molecule has 4 nitrogen and oxygen atoms in total. The third kappa shape index (κ3) is 3.60. The van der Waals surface area contributed by atoms with Crippen molar-refractivity contribution in [3.8, 4) is 0 Å². The molecule has 0 amide bonds. The number of nitrogens with two attached hydrogens (primary N) is 1. The molecule has 0 unspecified atom stereocenters. The fourth-order valence-corrected chi connectivity index (χ4v) is 1.88. The van der Waals surface area contributed by atoms with E-state index < -0.39 is 0 Å². The third-order valence-corrected chi connectivity index (χ3v) is 3.01. The summed E-state index contributed by atoms with van der Waals surface area (Å²) < 4.78 is 7.90. The molecule has 0 heterocycles. The number of nitrogens with one attached hydrogen (secondary N) is 2. The molecule has 0 atom stereocenters. The van der Waals surface area contributed by atoms with Crippen LogP contribution in [0, 0.1) is 5.40 Å². The Kier molecular flexibility index (Phi) is 3.58. The minimum atomic E-state index is -0.0258. The Morgan fingerprint density at radius 1 is 1.79 bits per heavy atom. The Morgan fingerprint density at radius 3 is 3.36 bits per heavy atom. The van der Waals surface area contributed by atoms with Gasteiger partial charge in [0.05, 0.1) is 0 Å². The second-order valence-electron chi connectivity index (χ2n) is 2.53. The molecule has 0 spiro atoms. The maximum absolute atomic E-state index is 6.58. The molecule has 0 saturated heterocycles. The summed E-state index contributed by atoms with van der Waals surface area (Å²) in [5.41, 5.74) is 8.67. The van der Waals surface area contributed by atoms with Crippen molar-refractivity contribution in [1.82, 2.24) is 5.43 Å². The van der Waals surface area contributed by atoms with Gasteiger partial charge in [-0.2, -0.15) is 0 Å². The quantitative estimate of drug-likeness (QED) is 0.305. The fraction of sp³-hybridized carbons (Fsp3) is 0.111. The van der Waals surface area contributed by atoms with Crippen molar-refractivity contribution in [2.75, 3.05) is 0 Å². The molecule has 0 bridgehead atoms. The van der Waals surface area contributed by atoms with E-state index in [1.54, 1.807) is 6.21 Å². The Morgan fingerprint density at radius 2 is 2.64 bits per heavy atom. The van der Waals surface area contributed by atoms with Crippen molar-refractivity contribution in [2.45, 2.75) is 5.82 Å². The van der Waals surface area contributed by atoms with Crippen LogP contribution in [0.5, 0.6) is 0 Å².